The van der Waals surface area contributed by atoms with E-state index in [0.717, 1.165) is 12.8 Å². The van der Waals surface area contributed by atoms with Gasteiger partial charge in [0.25, 0.3) is 5.91 Å². The molecule has 3 aromatic rings. The van der Waals surface area contributed by atoms with Crippen molar-refractivity contribution in [3.8, 4) is 0 Å². The molecule has 8 heteroatoms. The Morgan fingerprint density at radius 2 is 1.82 bits per heavy atom. The first-order valence-corrected chi connectivity index (χ1v) is 12.6. The van der Waals surface area contributed by atoms with Crippen molar-refractivity contribution < 1.29 is 14.4 Å². The van der Waals surface area contributed by atoms with Crippen LogP contribution in [0.15, 0.2) is 60.0 Å². The predicted octanol–water partition coefficient (Wildman–Crippen LogP) is 4.42. The van der Waals surface area contributed by atoms with Gasteiger partial charge in [0.15, 0.2) is 5.78 Å². The molecule has 2 fully saturated rings. The van der Waals surface area contributed by atoms with Crippen LogP contribution in [0.1, 0.15) is 33.6 Å². The standard InChI is InChI=1S/C26H20ClN3O3S/c27-16-8-3-7-15-21(16)29-24(33)26(15)25(14-6-1-2-9-17(14)28-23(25)32)20(18-10-4-12-30(18)26)22(31)19-11-5-13-34-19/h1-3,5-9,11,13,18,20H,4,10,12H2,(H,28,32)(H,29,33)/t18-,20-,25-,26+/m0/s1. The normalized spacial score (nSPS) is 31.0. The largest absolute Gasteiger partial charge is 0.325 e. The minimum atomic E-state index is -1.42. The van der Waals surface area contributed by atoms with Crippen LogP contribution in [0, 0.1) is 5.92 Å². The van der Waals surface area contributed by atoms with Gasteiger partial charge in [0, 0.05) is 17.3 Å². The maximum atomic E-state index is 14.3. The minimum absolute atomic E-state index is 0.0843. The van der Waals surface area contributed by atoms with Crippen LogP contribution in [0.3, 0.4) is 0 Å². The monoisotopic (exact) mass is 489 g/mol. The Labute approximate surface area is 204 Å². The van der Waals surface area contributed by atoms with Gasteiger partial charge < -0.3 is 10.6 Å². The second kappa shape index (κ2) is 6.78. The second-order valence-electron chi connectivity index (χ2n) is 9.36. The molecule has 7 rings (SSSR count). The van der Waals surface area contributed by atoms with Gasteiger partial charge in [0.1, 0.15) is 11.0 Å². The van der Waals surface area contributed by atoms with Crippen LogP contribution in [0.4, 0.5) is 11.4 Å². The summed E-state index contributed by atoms with van der Waals surface area (Å²) in [7, 11) is 0. The van der Waals surface area contributed by atoms with Gasteiger partial charge in [0.05, 0.1) is 21.5 Å². The van der Waals surface area contributed by atoms with E-state index < -0.39 is 16.9 Å². The number of carbonyl (C=O) groups excluding carboxylic acids is 3. The van der Waals surface area contributed by atoms with Crippen molar-refractivity contribution in [1.82, 2.24) is 4.90 Å². The molecule has 2 spiro atoms. The van der Waals surface area contributed by atoms with E-state index in [0.29, 0.717) is 38.9 Å². The van der Waals surface area contributed by atoms with Crippen molar-refractivity contribution in [2.24, 2.45) is 5.92 Å². The number of hydrogen-bond acceptors (Lipinski definition) is 5. The number of anilines is 2. The summed E-state index contributed by atoms with van der Waals surface area (Å²) >= 11 is 7.93. The molecule has 0 radical (unpaired) electrons. The van der Waals surface area contributed by atoms with E-state index in [-0.39, 0.29) is 23.6 Å². The van der Waals surface area contributed by atoms with Gasteiger partial charge in [-0.1, -0.05) is 48.0 Å². The molecular weight excluding hydrogens is 470 g/mol. The number of ketones is 1. The fourth-order valence-electron chi connectivity index (χ4n) is 7.14. The minimum Gasteiger partial charge on any atom is -0.325 e. The lowest BCUT2D eigenvalue weighted by Crippen LogP contribution is -2.62. The van der Waals surface area contributed by atoms with Crippen molar-refractivity contribution in [3.05, 3.63) is 81.0 Å². The zero-order valence-corrected chi connectivity index (χ0v) is 19.6. The van der Waals surface area contributed by atoms with E-state index in [2.05, 4.69) is 15.5 Å². The molecule has 6 nitrogen and oxygen atoms in total. The molecule has 2 amide bonds. The van der Waals surface area contributed by atoms with Crippen molar-refractivity contribution >= 4 is 51.9 Å². The van der Waals surface area contributed by atoms with Gasteiger partial charge >= 0.3 is 0 Å². The molecule has 2 aromatic carbocycles. The predicted molar refractivity (Wildman–Crippen MR) is 130 cm³/mol. The number of thiophene rings is 1. The van der Waals surface area contributed by atoms with Crippen LogP contribution in [-0.2, 0) is 20.5 Å². The maximum absolute atomic E-state index is 14.3. The van der Waals surface area contributed by atoms with Crippen LogP contribution >= 0.6 is 22.9 Å². The molecule has 2 saturated heterocycles. The maximum Gasteiger partial charge on any atom is 0.251 e. The molecule has 0 saturated carbocycles. The number of rotatable bonds is 2. The SMILES string of the molecule is O=C(c1cccs1)[C@@H]1[C@@H]2CCCN2[C@]2(C(=O)Nc3c(Cl)cccc32)[C@]12C(=O)Nc1ccccc12. The first kappa shape index (κ1) is 20.4. The van der Waals surface area contributed by atoms with E-state index in [1.807, 2.05) is 53.9 Å². The first-order chi connectivity index (χ1) is 16.5. The Hall–Kier alpha value is -3.00. The summed E-state index contributed by atoms with van der Waals surface area (Å²) in [5.41, 5.74) is -0.239. The molecule has 170 valence electrons. The number of amides is 2. The lowest BCUT2D eigenvalue weighted by molar-refractivity contribution is -0.137. The Morgan fingerprint density at radius 3 is 2.65 bits per heavy atom. The highest BCUT2D eigenvalue weighted by Crippen LogP contribution is 2.68. The highest BCUT2D eigenvalue weighted by atomic mass is 35.5. The zero-order chi connectivity index (χ0) is 23.2. The van der Waals surface area contributed by atoms with Crippen molar-refractivity contribution in [1.29, 1.82) is 0 Å². The summed E-state index contributed by atoms with van der Waals surface area (Å²) in [6.45, 7) is 0.620. The van der Waals surface area contributed by atoms with Crippen LogP contribution in [0.25, 0.3) is 0 Å². The molecule has 2 N–H and O–H groups in total. The third-order valence-electron chi connectivity index (χ3n) is 8.13. The molecule has 1 aromatic heterocycles. The molecule has 34 heavy (non-hydrogen) atoms. The van der Waals surface area contributed by atoms with Crippen molar-refractivity contribution in [2.75, 3.05) is 17.2 Å². The van der Waals surface area contributed by atoms with Gasteiger partial charge in [-0.3, -0.25) is 19.3 Å². The number of benzene rings is 2. The second-order valence-corrected chi connectivity index (χ2v) is 10.7. The van der Waals surface area contributed by atoms with Crippen LogP contribution in [0.5, 0.6) is 0 Å². The smallest absolute Gasteiger partial charge is 0.251 e. The Kier molecular flexibility index (Phi) is 4.06. The van der Waals surface area contributed by atoms with E-state index in [4.69, 9.17) is 11.6 Å². The summed E-state index contributed by atoms with van der Waals surface area (Å²) < 4.78 is 0. The topological polar surface area (TPSA) is 78.5 Å². The summed E-state index contributed by atoms with van der Waals surface area (Å²) in [6.07, 6.45) is 1.59. The number of Topliss-reactive ketones (excluding diaryl/α,β-unsaturated/α-hetero) is 1. The summed E-state index contributed by atoms with van der Waals surface area (Å²) in [4.78, 5) is 45.5. The number of halogens is 1. The molecule has 0 bridgehead atoms. The third-order valence-corrected chi connectivity index (χ3v) is 9.33. The molecule has 4 aliphatic rings. The first-order valence-electron chi connectivity index (χ1n) is 11.4. The Bertz CT molecular complexity index is 1410. The molecule has 0 unspecified atom stereocenters. The van der Waals surface area contributed by atoms with Crippen LogP contribution in [0.2, 0.25) is 5.02 Å². The summed E-state index contributed by atoms with van der Waals surface area (Å²) in [6, 6.07) is 16.3. The highest BCUT2D eigenvalue weighted by Gasteiger charge is 2.81. The number of nitrogens with zero attached hydrogens (tertiary/aromatic N) is 1. The fourth-order valence-corrected chi connectivity index (χ4v) is 8.07. The van der Waals surface area contributed by atoms with Gasteiger partial charge in [-0.15, -0.1) is 11.3 Å². The summed E-state index contributed by atoms with van der Waals surface area (Å²) in [5, 5.41) is 8.34. The highest BCUT2D eigenvalue weighted by molar-refractivity contribution is 7.12. The molecule has 4 aliphatic heterocycles. The molecule has 5 heterocycles. The lowest BCUT2D eigenvalue weighted by atomic mass is 9.57. The van der Waals surface area contributed by atoms with Crippen LogP contribution in [-0.4, -0.2) is 35.1 Å². The number of nitrogens with one attached hydrogen (secondary N) is 2. The quantitative estimate of drug-likeness (QED) is 0.522. The Morgan fingerprint density at radius 1 is 1.00 bits per heavy atom. The number of fused-ring (bicyclic) bond motifs is 7. The van der Waals surface area contributed by atoms with E-state index >= 15 is 0 Å². The van der Waals surface area contributed by atoms with Gasteiger partial charge in [-0.25, -0.2) is 0 Å². The van der Waals surface area contributed by atoms with Gasteiger partial charge in [0.2, 0.25) is 5.91 Å². The van der Waals surface area contributed by atoms with E-state index in [1.165, 1.54) is 11.3 Å². The van der Waals surface area contributed by atoms with E-state index in [9.17, 15) is 14.4 Å². The lowest BCUT2D eigenvalue weighted by Gasteiger charge is -2.43. The number of hydrogen-bond donors (Lipinski definition) is 2. The van der Waals surface area contributed by atoms with Crippen molar-refractivity contribution in [2.45, 2.75) is 29.8 Å². The molecule has 0 aliphatic carbocycles. The fraction of sp³-hybridized carbons (Fsp3) is 0.269. The van der Waals surface area contributed by atoms with Crippen molar-refractivity contribution in [3.63, 3.8) is 0 Å². The number of para-hydroxylation sites is 2. The number of carbonyl (C=O) groups is 3. The third kappa shape index (κ3) is 2.10. The average molecular weight is 490 g/mol. The summed E-state index contributed by atoms with van der Waals surface area (Å²) in [5.74, 6) is -1.40. The molecule has 4 atom stereocenters. The van der Waals surface area contributed by atoms with E-state index in [1.54, 1.807) is 6.07 Å². The Balaban J connectivity index is 1.62. The van der Waals surface area contributed by atoms with Crippen LogP contribution < -0.4 is 10.6 Å². The van der Waals surface area contributed by atoms with Gasteiger partial charge in [-0.05, 0) is 48.5 Å². The van der Waals surface area contributed by atoms with Gasteiger partial charge in [-0.2, -0.15) is 0 Å². The zero-order valence-electron chi connectivity index (χ0n) is 18.0. The average Bonchev–Trinajstić information content (AvgIpc) is 3.62. The molecular formula is C26H20ClN3O3S.